The van der Waals surface area contributed by atoms with Crippen LogP contribution in [0.5, 0.6) is 23.0 Å². The zero-order valence-electron chi connectivity index (χ0n) is 15.6. The third kappa shape index (κ3) is 4.17. The van der Waals surface area contributed by atoms with Gasteiger partial charge < -0.3 is 14.9 Å². The molecule has 0 heterocycles. The van der Waals surface area contributed by atoms with Crippen LogP contribution < -0.4 is 4.74 Å². The molecule has 0 spiro atoms. The second-order valence-corrected chi connectivity index (χ2v) is 9.23. The lowest BCUT2D eigenvalue weighted by molar-refractivity contribution is 0.456. The Morgan fingerprint density at radius 3 is 2.00 bits per heavy atom. The Kier molecular flexibility index (Phi) is 5.99. The van der Waals surface area contributed by atoms with Crippen LogP contribution in [-0.4, -0.2) is 10.2 Å². The smallest absolute Gasteiger partial charge is 0.148 e. The number of aryl methyl sites for hydroxylation is 1. The van der Waals surface area contributed by atoms with Gasteiger partial charge in [-0.1, -0.05) is 43.6 Å². The number of hydrogen-bond acceptors (Lipinski definition) is 3. The van der Waals surface area contributed by atoms with E-state index in [2.05, 4.69) is 51.8 Å². The van der Waals surface area contributed by atoms with E-state index < -0.39 is 0 Å². The SMILES string of the molecule is Cc1cc(C(C)(C)c2ccc(O)cc2)cc(Cl)c1Oc1cc(Br)c(O)c(Br)c1. The summed E-state index contributed by atoms with van der Waals surface area (Å²) in [6, 6.07) is 14.5. The molecule has 0 aliphatic carbocycles. The number of ether oxygens (including phenoxy) is 1. The summed E-state index contributed by atoms with van der Waals surface area (Å²) in [6.45, 7) is 6.17. The van der Waals surface area contributed by atoms with Gasteiger partial charge in [-0.3, -0.25) is 0 Å². The van der Waals surface area contributed by atoms with Crippen molar-refractivity contribution in [2.24, 2.45) is 0 Å². The predicted molar refractivity (Wildman–Crippen MR) is 120 cm³/mol. The van der Waals surface area contributed by atoms with E-state index in [9.17, 15) is 10.2 Å². The van der Waals surface area contributed by atoms with E-state index in [1.807, 2.05) is 25.1 Å². The molecule has 0 aliphatic heterocycles. The Balaban J connectivity index is 1.98. The van der Waals surface area contributed by atoms with Gasteiger partial charge in [0.2, 0.25) is 0 Å². The molecule has 0 saturated carbocycles. The summed E-state index contributed by atoms with van der Waals surface area (Å²) < 4.78 is 7.06. The molecule has 0 atom stereocenters. The molecular formula is C22H19Br2ClO3. The minimum absolute atomic E-state index is 0.112. The molecule has 0 aliphatic rings. The highest BCUT2D eigenvalue weighted by atomic mass is 79.9. The molecule has 0 aromatic heterocycles. The molecule has 0 radical (unpaired) electrons. The van der Waals surface area contributed by atoms with Gasteiger partial charge in [-0.2, -0.15) is 0 Å². The Bertz CT molecular complexity index is 984. The average molecular weight is 527 g/mol. The van der Waals surface area contributed by atoms with E-state index in [0.29, 0.717) is 25.5 Å². The number of rotatable bonds is 4. The van der Waals surface area contributed by atoms with Crippen molar-refractivity contribution in [1.82, 2.24) is 0 Å². The van der Waals surface area contributed by atoms with Crippen LogP contribution in [0.2, 0.25) is 5.02 Å². The lowest BCUT2D eigenvalue weighted by Gasteiger charge is -2.27. The van der Waals surface area contributed by atoms with Gasteiger partial charge in [0.1, 0.15) is 23.0 Å². The zero-order valence-corrected chi connectivity index (χ0v) is 19.5. The van der Waals surface area contributed by atoms with Crippen molar-refractivity contribution in [2.45, 2.75) is 26.2 Å². The molecule has 0 amide bonds. The number of aromatic hydroxyl groups is 2. The maximum Gasteiger partial charge on any atom is 0.148 e. The van der Waals surface area contributed by atoms with Crippen LogP contribution in [0.15, 0.2) is 57.5 Å². The van der Waals surface area contributed by atoms with Gasteiger partial charge in [-0.25, -0.2) is 0 Å². The lowest BCUT2D eigenvalue weighted by atomic mass is 9.77. The molecule has 0 bridgehead atoms. The van der Waals surface area contributed by atoms with E-state index in [0.717, 1.165) is 16.7 Å². The fraction of sp³-hybridized carbons (Fsp3) is 0.182. The number of hydrogen-bond donors (Lipinski definition) is 2. The van der Waals surface area contributed by atoms with Crippen LogP contribution in [0.4, 0.5) is 0 Å². The topological polar surface area (TPSA) is 49.7 Å². The maximum absolute atomic E-state index is 9.87. The molecule has 3 aromatic carbocycles. The largest absolute Gasteiger partial charge is 0.508 e. The third-order valence-electron chi connectivity index (χ3n) is 4.75. The molecule has 3 rings (SSSR count). The highest BCUT2D eigenvalue weighted by molar-refractivity contribution is 9.11. The predicted octanol–water partition coefficient (Wildman–Crippen LogP) is 7.70. The fourth-order valence-electron chi connectivity index (χ4n) is 2.98. The van der Waals surface area contributed by atoms with Crippen molar-refractivity contribution in [1.29, 1.82) is 0 Å². The summed E-state index contributed by atoms with van der Waals surface area (Å²) >= 11 is 13.2. The quantitative estimate of drug-likeness (QED) is 0.366. The van der Waals surface area contributed by atoms with Gasteiger partial charge in [0.15, 0.2) is 0 Å². The minimum Gasteiger partial charge on any atom is -0.508 e. The molecular weight excluding hydrogens is 508 g/mol. The van der Waals surface area contributed by atoms with E-state index in [-0.39, 0.29) is 16.9 Å². The normalized spacial score (nSPS) is 11.5. The first-order chi connectivity index (χ1) is 13.1. The molecule has 0 unspecified atom stereocenters. The second-order valence-electron chi connectivity index (χ2n) is 7.11. The van der Waals surface area contributed by atoms with Crippen LogP contribution in [0.3, 0.4) is 0 Å². The molecule has 3 nitrogen and oxygen atoms in total. The van der Waals surface area contributed by atoms with Crippen molar-refractivity contribution in [2.75, 3.05) is 0 Å². The standard InChI is InChI=1S/C22H19Br2ClO3/c1-12-8-14(22(2,3)13-4-6-15(26)7-5-13)9-19(25)21(12)28-16-10-17(23)20(27)18(24)11-16/h4-11,26-27H,1-3H3. The summed E-state index contributed by atoms with van der Waals surface area (Å²) in [5.41, 5.74) is 2.71. The second kappa shape index (κ2) is 7.97. The van der Waals surface area contributed by atoms with Gasteiger partial charge in [0.25, 0.3) is 0 Å². The maximum atomic E-state index is 9.87. The van der Waals surface area contributed by atoms with Gasteiger partial charge in [0, 0.05) is 5.41 Å². The molecule has 2 N–H and O–H groups in total. The van der Waals surface area contributed by atoms with Crippen LogP contribution in [-0.2, 0) is 5.41 Å². The highest BCUT2D eigenvalue weighted by Gasteiger charge is 2.25. The number of halogens is 3. The Morgan fingerprint density at radius 1 is 0.893 bits per heavy atom. The van der Waals surface area contributed by atoms with Crippen LogP contribution in [0, 0.1) is 6.92 Å². The minimum atomic E-state index is -0.300. The Hall–Kier alpha value is -1.69. The van der Waals surface area contributed by atoms with Crippen LogP contribution >= 0.6 is 43.5 Å². The van der Waals surface area contributed by atoms with Crippen LogP contribution in [0.25, 0.3) is 0 Å². The van der Waals surface area contributed by atoms with E-state index in [4.69, 9.17) is 16.3 Å². The summed E-state index contributed by atoms with van der Waals surface area (Å²) in [4.78, 5) is 0. The highest BCUT2D eigenvalue weighted by Crippen LogP contribution is 2.42. The van der Waals surface area contributed by atoms with Crippen molar-refractivity contribution >= 4 is 43.5 Å². The summed E-state index contributed by atoms with van der Waals surface area (Å²) in [5.74, 6) is 1.47. The molecule has 146 valence electrons. The molecule has 28 heavy (non-hydrogen) atoms. The molecule has 3 aromatic rings. The van der Waals surface area contributed by atoms with Gasteiger partial charge >= 0.3 is 0 Å². The monoisotopic (exact) mass is 524 g/mol. The Morgan fingerprint density at radius 2 is 1.46 bits per heavy atom. The van der Waals surface area contributed by atoms with Crippen LogP contribution in [0.1, 0.15) is 30.5 Å². The van der Waals surface area contributed by atoms with Gasteiger partial charge in [-0.15, -0.1) is 0 Å². The first kappa shape index (κ1) is 21.0. The first-order valence-corrected chi connectivity index (χ1v) is 10.5. The van der Waals surface area contributed by atoms with Crippen molar-refractivity contribution in [3.8, 4) is 23.0 Å². The average Bonchev–Trinajstić information content (AvgIpc) is 2.62. The lowest BCUT2D eigenvalue weighted by Crippen LogP contribution is -2.19. The van der Waals surface area contributed by atoms with Gasteiger partial charge in [-0.05, 0) is 85.8 Å². The number of benzene rings is 3. The van der Waals surface area contributed by atoms with E-state index in [1.54, 1.807) is 24.3 Å². The van der Waals surface area contributed by atoms with Crippen molar-refractivity contribution < 1.29 is 14.9 Å². The van der Waals surface area contributed by atoms with E-state index >= 15 is 0 Å². The van der Waals surface area contributed by atoms with Crippen molar-refractivity contribution in [3.63, 3.8) is 0 Å². The summed E-state index contributed by atoms with van der Waals surface area (Å²) in [5, 5.41) is 19.9. The molecule has 0 fully saturated rings. The Labute approximate surface area is 186 Å². The molecule has 0 saturated heterocycles. The summed E-state index contributed by atoms with van der Waals surface area (Å²) in [7, 11) is 0. The third-order valence-corrected chi connectivity index (χ3v) is 6.24. The fourth-order valence-corrected chi connectivity index (χ4v) is 4.43. The van der Waals surface area contributed by atoms with Crippen molar-refractivity contribution in [3.05, 3.63) is 79.2 Å². The summed E-state index contributed by atoms with van der Waals surface area (Å²) in [6.07, 6.45) is 0. The first-order valence-electron chi connectivity index (χ1n) is 8.55. The van der Waals surface area contributed by atoms with E-state index in [1.165, 1.54) is 0 Å². The molecule has 6 heteroatoms. The zero-order chi connectivity index (χ0) is 20.6. The number of phenols is 2. The van der Waals surface area contributed by atoms with Gasteiger partial charge in [0.05, 0.1) is 14.0 Å². The number of phenolic OH excluding ortho intramolecular Hbond substituents is 2.